The van der Waals surface area contributed by atoms with Crippen LogP contribution in [0.3, 0.4) is 0 Å². The Balaban J connectivity index is 2.28. The predicted octanol–water partition coefficient (Wildman–Crippen LogP) is 2.60. The standard InChI is InChI=1S/C12H12FN3O2/c1-8-9(2)15(7-14-8)6-10-3-4-12(16(17)18)11(13)5-10/h3-5,7H,6H2,1-2H3. The summed E-state index contributed by atoms with van der Waals surface area (Å²) in [5.74, 6) is -0.813. The lowest BCUT2D eigenvalue weighted by Crippen LogP contribution is -2.02. The molecule has 2 rings (SSSR count). The smallest absolute Gasteiger partial charge is 0.304 e. The highest BCUT2D eigenvalue weighted by Gasteiger charge is 2.14. The Morgan fingerprint density at radius 3 is 2.67 bits per heavy atom. The topological polar surface area (TPSA) is 61.0 Å². The third kappa shape index (κ3) is 2.22. The van der Waals surface area contributed by atoms with Gasteiger partial charge in [0, 0.05) is 18.3 Å². The highest BCUT2D eigenvalue weighted by atomic mass is 19.1. The van der Waals surface area contributed by atoms with Gasteiger partial charge in [-0.25, -0.2) is 4.98 Å². The maximum absolute atomic E-state index is 13.4. The van der Waals surface area contributed by atoms with Gasteiger partial charge in [-0.05, 0) is 25.5 Å². The van der Waals surface area contributed by atoms with E-state index in [-0.39, 0.29) is 0 Å². The summed E-state index contributed by atoms with van der Waals surface area (Å²) in [5, 5.41) is 10.5. The first-order valence-corrected chi connectivity index (χ1v) is 5.40. The van der Waals surface area contributed by atoms with E-state index in [2.05, 4.69) is 4.98 Å². The third-order valence-corrected chi connectivity index (χ3v) is 2.91. The lowest BCUT2D eigenvalue weighted by Gasteiger charge is -2.06. The summed E-state index contributed by atoms with van der Waals surface area (Å²) in [4.78, 5) is 13.9. The second-order valence-corrected chi connectivity index (χ2v) is 4.09. The summed E-state index contributed by atoms with van der Waals surface area (Å²) in [5.41, 5.74) is 2.07. The molecule has 2 aromatic rings. The van der Waals surface area contributed by atoms with Crippen molar-refractivity contribution in [2.45, 2.75) is 20.4 Å². The molecule has 5 nitrogen and oxygen atoms in total. The highest BCUT2D eigenvalue weighted by molar-refractivity contribution is 5.35. The number of nitro benzene ring substituents is 1. The summed E-state index contributed by atoms with van der Waals surface area (Å²) in [7, 11) is 0. The molecular formula is C12H12FN3O2. The maximum Gasteiger partial charge on any atom is 0.304 e. The molecule has 0 aliphatic heterocycles. The van der Waals surface area contributed by atoms with E-state index in [0.717, 1.165) is 11.4 Å². The first kappa shape index (κ1) is 12.2. The van der Waals surface area contributed by atoms with Gasteiger partial charge in [-0.3, -0.25) is 10.1 Å². The van der Waals surface area contributed by atoms with Crippen LogP contribution >= 0.6 is 0 Å². The van der Waals surface area contributed by atoms with Crippen LogP contribution in [0.25, 0.3) is 0 Å². The molecule has 0 spiro atoms. The average molecular weight is 249 g/mol. The van der Waals surface area contributed by atoms with Crippen LogP contribution in [-0.2, 0) is 6.54 Å². The van der Waals surface area contributed by atoms with Crippen molar-refractivity contribution in [1.82, 2.24) is 9.55 Å². The number of hydrogen-bond donors (Lipinski definition) is 0. The van der Waals surface area contributed by atoms with E-state index in [9.17, 15) is 14.5 Å². The fourth-order valence-corrected chi connectivity index (χ4v) is 1.70. The van der Waals surface area contributed by atoms with Crippen LogP contribution in [0.2, 0.25) is 0 Å². The minimum atomic E-state index is -0.813. The van der Waals surface area contributed by atoms with Crippen molar-refractivity contribution >= 4 is 5.69 Å². The van der Waals surface area contributed by atoms with E-state index >= 15 is 0 Å². The number of hydrogen-bond acceptors (Lipinski definition) is 3. The maximum atomic E-state index is 13.4. The Labute approximate surface area is 103 Å². The van der Waals surface area contributed by atoms with Crippen molar-refractivity contribution in [3.05, 3.63) is 57.4 Å². The molecule has 0 saturated carbocycles. The molecule has 0 radical (unpaired) electrons. The van der Waals surface area contributed by atoms with E-state index in [4.69, 9.17) is 0 Å². The summed E-state index contributed by atoms with van der Waals surface area (Å²) in [6.07, 6.45) is 1.67. The minimum Gasteiger partial charge on any atom is -0.330 e. The van der Waals surface area contributed by atoms with E-state index in [1.54, 1.807) is 12.4 Å². The number of halogens is 1. The second-order valence-electron chi connectivity index (χ2n) is 4.09. The Hall–Kier alpha value is -2.24. The first-order valence-electron chi connectivity index (χ1n) is 5.40. The van der Waals surface area contributed by atoms with Crippen molar-refractivity contribution in [1.29, 1.82) is 0 Å². The van der Waals surface area contributed by atoms with Gasteiger partial charge < -0.3 is 4.57 Å². The third-order valence-electron chi connectivity index (χ3n) is 2.91. The van der Waals surface area contributed by atoms with Gasteiger partial charge in [0.15, 0.2) is 0 Å². The second kappa shape index (κ2) is 4.56. The Morgan fingerprint density at radius 1 is 1.44 bits per heavy atom. The molecule has 0 amide bonds. The SMILES string of the molecule is Cc1ncn(Cc2ccc([N+](=O)[O-])c(F)c2)c1C. The fourth-order valence-electron chi connectivity index (χ4n) is 1.70. The molecule has 0 aliphatic carbocycles. The lowest BCUT2D eigenvalue weighted by atomic mass is 10.2. The summed E-state index contributed by atoms with van der Waals surface area (Å²) < 4.78 is 15.3. The van der Waals surface area contributed by atoms with E-state index in [0.29, 0.717) is 12.1 Å². The highest BCUT2D eigenvalue weighted by Crippen LogP contribution is 2.19. The molecule has 0 atom stereocenters. The zero-order chi connectivity index (χ0) is 13.3. The Bertz CT molecular complexity index is 607. The monoisotopic (exact) mass is 249 g/mol. The number of aryl methyl sites for hydroxylation is 1. The molecule has 0 fully saturated rings. The fraction of sp³-hybridized carbons (Fsp3) is 0.250. The molecule has 1 aromatic heterocycles. The minimum absolute atomic E-state index is 0.446. The normalized spacial score (nSPS) is 10.6. The zero-order valence-electron chi connectivity index (χ0n) is 10.1. The van der Waals surface area contributed by atoms with Gasteiger partial charge >= 0.3 is 5.69 Å². The van der Waals surface area contributed by atoms with Gasteiger partial charge in [-0.2, -0.15) is 4.39 Å². The van der Waals surface area contributed by atoms with Crippen LogP contribution in [0.1, 0.15) is 17.0 Å². The van der Waals surface area contributed by atoms with Crippen molar-refractivity contribution in [3.63, 3.8) is 0 Å². The largest absolute Gasteiger partial charge is 0.330 e. The van der Waals surface area contributed by atoms with Gasteiger partial charge in [0.05, 0.1) is 16.9 Å². The molecule has 94 valence electrons. The number of imidazole rings is 1. The Morgan fingerprint density at radius 2 is 2.17 bits per heavy atom. The van der Waals surface area contributed by atoms with E-state index in [1.165, 1.54) is 12.1 Å². The van der Waals surface area contributed by atoms with Crippen LogP contribution in [0.15, 0.2) is 24.5 Å². The first-order chi connectivity index (χ1) is 8.49. The average Bonchev–Trinajstić information content (AvgIpc) is 2.61. The number of rotatable bonds is 3. The van der Waals surface area contributed by atoms with Crippen LogP contribution < -0.4 is 0 Å². The number of nitrogens with zero attached hydrogens (tertiary/aromatic N) is 3. The number of benzene rings is 1. The van der Waals surface area contributed by atoms with Gasteiger partial charge in [-0.1, -0.05) is 6.07 Å². The summed E-state index contributed by atoms with van der Waals surface area (Å²) in [6, 6.07) is 3.92. The number of aromatic nitrogens is 2. The van der Waals surface area contributed by atoms with Crippen molar-refractivity contribution in [3.8, 4) is 0 Å². The molecule has 0 unspecified atom stereocenters. The molecule has 18 heavy (non-hydrogen) atoms. The summed E-state index contributed by atoms with van der Waals surface area (Å²) >= 11 is 0. The lowest BCUT2D eigenvalue weighted by molar-refractivity contribution is -0.387. The molecule has 6 heteroatoms. The molecule has 1 aromatic carbocycles. The molecule has 1 heterocycles. The molecule has 0 saturated heterocycles. The Kier molecular flexibility index (Phi) is 3.10. The van der Waals surface area contributed by atoms with E-state index in [1.807, 2.05) is 18.4 Å². The molecule has 0 bridgehead atoms. The quantitative estimate of drug-likeness (QED) is 0.620. The predicted molar refractivity (Wildman–Crippen MR) is 63.9 cm³/mol. The van der Waals surface area contributed by atoms with Crippen molar-refractivity contribution in [2.75, 3.05) is 0 Å². The van der Waals surface area contributed by atoms with Gasteiger partial charge in [0.2, 0.25) is 5.82 Å². The van der Waals surface area contributed by atoms with Gasteiger partial charge in [0.25, 0.3) is 0 Å². The molecular weight excluding hydrogens is 237 g/mol. The van der Waals surface area contributed by atoms with E-state index < -0.39 is 16.4 Å². The molecule has 0 N–H and O–H groups in total. The van der Waals surface area contributed by atoms with Crippen molar-refractivity contribution < 1.29 is 9.31 Å². The van der Waals surface area contributed by atoms with Crippen LogP contribution in [0, 0.1) is 29.8 Å². The number of nitro groups is 1. The van der Waals surface area contributed by atoms with Crippen LogP contribution in [0.5, 0.6) is 0 Å². The van der Waals surface area contributed by atoms with Crippen LogP contribution in [-0.4, -0.2) is 14.5 Å². The van der Waals surface area contributed by atoms with Gasteiger partial charge in [-0.15, -0.1) is 0 Å². The van der Waals surface area contributed by atoms with Crippen molar-refractivity contribution in [2.24, 2.45) is 0 Å². The summed E-state index contributed by atoms with van der Waals surface area (Å²) in [6.45, 7) is 4.26. The van der Waals surface area contributed by atoms with Crippen LogP contribution in [0.4, 0.5) is 10.1 Å². The molecule has 0 aliphatic rings. The van der Waals surface area contributed by atoms with Gasteiger partial charge in [0.1, 0.15) is 0 Å². The zero-order valence-corrected chi connectivity index (χ0v) is 10.1.